The molecule has 0 saturated heterocycles. The molecule has 2 rings (SSSR count). The fourth-order valence-electron chi connectivity index (χ4n) is 2.86. The number of methoxy groups -OCH3 is 1. The molecular weight excluding hydrogens is 372 g/mol. The van der Waals surface area contributed by atoms with Crippen molar-refractivity contribution < 1.29 is 14.3 Å². The van der Waals surface area contributed by atoms with Crippen LogP contribution in [0.2, 0.25) is 0 Å². The van der Waals surface area contributed by atoms with Crippen LogP contribution in [0, 0.1) is 6.92 Å². The Kier molecular flexibility index (Phi) is 8.39. The van der Waals surface area contributed by atoms with Crippen molar-refractivity contribution in [2.24, 2.45) is 0 Å². The highest BCUT2D eigenvalue weighted by molar-refractivity contribution is 7.99. The van der Waals surface area contributed by atoms with Gasteiger partial charge in [0.05, 0.1) is 12.9 Å². The lowest BCUT2D eigenvalue weighted by Gasteiger charge is -2.28. The number of nitrogens with zero attached hydrogens (tertiary/aromatic N) is 1. The first-order valence-corrected chi connectivity index (χ1v) is 10.4. The lowest BCUT2D eigenvalue weighted by Crippen LogP contribution is -2.47. The van der Waals surface area contributed by atoms with E-state index in [-0.39, 0.29) is 11.8 Å². The molecule has 150 valence electrons. The number of nitrogens with one attached hydrogen (secondary N) is 1. The van der Waals surface area contributed by atoms with Gasteiger partial charge in [-0.1, -0.05) is 36.4 Å². The molecule has 0 aliphatic rings. The molecule has 0 spiro atoms. The average Bonchev–Trinajstić information content (AvgIpc) is 2.72. The number of benzene rings is 2. The van der Waals surface area contributed by atoms with Gasteiger partial charge in [-0.3, -0.25) is 9.59 Å². The molecule has 0 aliphatic heterocycles. The number of thioether (sulfide) groups is 1. The second kappa shape index (κ2) is 10.8. The molecule has 0 aromatic heterocycles. The fraction of sp³-hybridized carbons (Fsp3) is 0.364. The Balaban J connectivity index is 2.08. The largest absolute Gasteiger partial charge is 0.497 e. The zero-order valence-electron chi connectivity index (χ0n) is 16.9. The van der Waals surface area contributed by atoms with E-state index in [1.54, 1.807) is 37.7 Å². The molecule has 6 heteroatoms. The number of hydrogen-bond acceptors (Lipinski definition) is 4. The number of hydrogen-bond donors (Lipinski definition) is 1. The summed E-state index contributed by atoms with van der Waals surface area (Å²) in [5, 5.41) is 2.63. The van der Waals surface area contributed by atoms with Crippen molar-refractivity contribution in [2.75, 3.05) is 19.9 Å². The third kappa shape index (κ3) is 6.02. The molecule has 1 N–H and O–H groups in total. The van der Waals surface area contributed by atoms with Crippen molar-refractivity contribution in [1.29, 1.82) is 0 Å². The monoisotopic (exact) mass is 400 g/mol. The zero-order valence-corrected chi connectivity index (χ0v) is 17.7. The number of carbonyl (C=O) groups is 2. The Morgan fingerprint density at radius 2 is 1.93 bits per heavy atom. The maximum Gasteiger partial charge on any atom is 0.242 e. The molecule has 2 aromatic carbocycles. The average molecular weight is 401 g/mol. The van der Waals surface area contributed by atoms with Crippen LogP contribution in [0.3, 0.4) is 0 Å². The highest BCUT2D eigenvalue weighted by Gasteiger charge is 2.25. The van der Waals surface area contributed by atoms with Gasteiger partial charge < -0.3 is 15.0 Å². The van der Waals surface area contributed by atoms with Crippen molar-refractivity contribution in [3.8, 4) is 5.75 Å². The van der Waals surface area contributed by atoms with E-state index >= 15 is 0 Å². The molecule has 5 nitrogen and oxygen atoms in total. The second-order valence-electron chi connectivity index (χ2n) is 6.58. The summed E-state index contributed by atoms with van der Waals surface area (Å²) in [6, 6.07) is 15.2. The van der Waals surface area contributed by atoms with Crippen LogP contribution in [-0.4, -0.2) is 42.7 Å². The molecule has 0 saturated carbocycles. The van der Waals surface area contributed by atoms with Crippen molar-refractivity contribution in [3.05, 3.63) is 65.2 Å². The highest BCUT2D eigenvalue weighted by Crippen LogP contribution is 2.19. The van der Waals surface area contributed by atoms with Crippen LogP contribution in [0.5, 0.6) is 5.75 Å². The summed E-state index contributed by atoms with van der Waals surface area (Å²) in [6.45, 7) is 4.18. The number of ether oxygens (including phenoxy) is 1. The SMILES string of the molecule is CNC(=O)[C@H](C)N(Cc1cccc(OC)c1)C(=O)CSCc1ccccc1C. The maximum atomic E-state index is 12.9. The molecule has 0 fully saturated rings. The van der Waals surface area contributed by atoms with Gasteiger partial charge in [0.1, 0.15) is 11.8 Å². The van der Waals surface area contributed by atoms with E-state index in [2.05, 4.69) is 24.4 Å². The summed E-state index contributed by atoms with van der Waals surface area (Å²) >= 11 is 1.56. The molecule has 1 atom stereocenters. The molecule has 0 radical (unpaired) electrons. The molecule has 0 bridgehead atoms. The number of amides is 2. The zero-order chi connectivity index (χ0) is 20.5. The quantitative estimate of drug-likeness (QED) is 0.701. The molecule has 28 heavy (non-hydrogen) atoms. The molecular formula is C22H28N2O3S. The summed E-state index contributed by atoms with van der Waals surface area (Å²) in [5.74, 6) is 1.57. The molecule has 2 aromatic rings. The van der Waals surface area contributed by atoms with Gasteiger partial charge in [0.2, 0.25) is 11.8 Å². The van der Waals surface area contributed by atoms with Crippen molar-refractivity contribution in [1.82, 2.24) is 10.2 Å². The van der Waals surface area contributed by atoms with E-state index in [0.29, 0.717) is 12.3 Å². The van der Waals surface area contributed by atoms with Gasteiger partial charge in [-0.25, -0.2) is 0 Å². The van der Waals surface area contributed by atoms with E-state index in [0.717, 1.165) is 17.1 Å². The predicted molar refractivity (Wildman–Crippen MR) is 114 cm³/mol. The minimum Gasteiger partial charge on any atom is -0.497 e. The molecule has 0 unspecified atom stereocenters. The summed E-state index contributed by atoms with van der Waals surface area (Å²) in [6.07, 6.45) is 0. The van der Waals surface area contributed by atoms with Crippen LogP contribution < -0.4 is 10.1 Å². The summed E-state index contributed by atoms with van der Waals surface area (Å²) in [7, 11) is 3.19. The van der Waals surface area contributed by atoms with Crippen LogP contribution in [0.1, 0.15) is 23.6 Å². The van der Waals surface area contributed by atoms with Gasteiger partial charge in [-0.15, -0.1) is 11.8 Å². The van der Waals surface area contributed by atoms with Gasteiger partial charge in [0, 0.05) is 19.3 Å². The van der Waals surface area contributed by atoms with E-state index in [4.69, 9.17) is 4.74 Å². The highest BCUT2D eigenvalue weighted by atomic mass is 32.2. The Bertz CT molecular complexity index is 810. The van der Waals surface area contributed by atoms with Gasteiger partial charge in [0.15, 0.2) is 0 Å². The Hall–Kier alpha value is -2.47. The van der Waals surface area contributed by atoms with Crippen LogP contribution in [0.25, 0.3) is 0 Å². The smallest absolute Gasteiger partial charge is 0.242 e. The lowest BCUT2D eigenvalue weighted by molar-refractivity contribution is -0.138. The minimum absolute atomic E-state index is 0.0579. The van der Waals surface area contributed by atoms with Crippen LogP contribution >= 0.6 is 11.8 Å². The predicted octanol–water partition coefficient (Wildman–Crippen LogP) is 3.40. The van der Waals surface area contributed by atoms with Gasteiger partial charge in [-0.05, 0) is 42.7 Å². The van der Waals surface area contributed by atoms with Crippen LogP contribution in [-0.2, 0) is 21.9 Å². The summed E-state index contributed by atoms with van der Waals surface area (Å²) < 4.78 is 5.26. The Labute approximate surface area is 171 Å². The van der Waals surface area contributed by atoms with Gasteiger partial charge in [0.25, 0.3) is 0 Å². The topological polar surface area (TPSA) is 58.6 Å². The maximum absolute atomic E-state index is 12.9. The second-order valence-corrected chi connectivity index (χ2v) is 7.57. The molecule has 0 heterocycles. The Morgan fingerprint density at radius 3 is 2.61 bits per heavy atom. The standard InChI is InChI=1S/C22H28N2O3S/c1-16-8-5-6-10-19(16)14-28-15-21(25)24(17(2)22(26)23-3)13-18-9-7-11-20(12-18)27-4/h5-12,17H,13-15H2,1-4H3,(H,23,26)/t17-/m0/s1. The summed E-state index contributed by atoms with van der Waals surface area (Å²) in [4.78, 5) is 26.7. The minimum atomic E-state index is -0.553. The van der Waals surface area contributed by atoms with Crippen molar-refractivity contribution in [3.63, 3.8) is 0 Å². The normalized spacial score (nSPS) is 11.6. The van der Waals surface area contributed by atoms with Crippen LogP contribution in [0.15, 0.2) is 48.5 Å². The number of aryl methyl sites for hydroxylation is 1. The van der Waals surface area contributed by atoms with E-state index in [1.165, 1.54) is 11.1 Å². The first-order valence-electron chi connectivity index (χ1n) is 9.22. The third-order valence-corrected chi connectivity index (χ3v) is 5.61. The van der Waals surface area contributed by atoms with Gasteiger partial charge in [-0.2, -0.15) is 0 Å². The first kappa shape index (κ1) is 21.8. The number of carbonyl (C=O) groups excluding carboxylic acids is 2. The van der Waals surface area contributed by atoms with Gasteiger partial charge >= 0.3 is 0 Å². The van der Waals surface area contributed by atoms with Crippen LogP contribution in [0.4, 0.5) is 0 Å². The lowest BCUT2D eigenvalue weighted by atomic mass is 10.1. The molecule has 2 amide bonds. The third-order valence-electron chi connectivity index (χ3n) is 4.65. The van der Waals surface area contributed by atoms with Crippen molar-refractivity contribution in [2.45, 2.75) is 32.2 Å². The summed E-state index contributed by atoms with van der Waals surface area (Å²) in [5.41, 5.74) is 3.36. The molecule has 0 aliphatic carbocycles. The van der Waals surface area contributed by atoms with Crippen molar-refractivity contribution >= 4 is 23.6 Å². The fourth-order valence-corrected chi connectivity index (χ4v) is 3.85. The van der Waals surface area contributed by atoms with E-state index in [9.17, 15) is 9.59 Å². The van der Waals surface area contributed by atoms with E-state index < -0.39 is 6.04 Å². The number of rotatable bonds is 9. The Morgan fingerprint density at radius 1 is 1.18 bits per heavy atom. The first-order chi connectivity index (χ1) is 13.5. The number of likely N-dealkylation sites (N-methyl/N-ethyl adjacent to an activating group) is 1. The van der Waals surface area contributed by atoms with E-state index in [1.807, 2.05) is 36.4 Å².